The molecule has 0 aromatic heterocycles. The van der Waals surface area contributed by atoms with E-state index in [-0.39, 0.29) is 11.8 Å². The van der Waals surface area contributed by atoms with Gasteiger partial charge in [0.15, 0.2) is 0 Å². The highest BCUT2D eigenvalue weighted by Crippen LogP contribution is 2.02. The summed E-state index contributed by atoms with van der Waals surface area (Å²) in [5.74, 6) is -1.51. The van der Waals surface area contributed by atoms with Crippen LogP contribution in [0.2, 0.25) is 0 Å². The summed E-state index contributed by atoms with van der Waals surface area (Å²) in [6, 6.07) is -0.800. The molecule has 0 fully saturated rings. The molecule has 1 atom stereocenters. The lowest BCUT2D eigenvalue weighted by Gasteiger charge is -2.25. The van der Waals surface area contributed by atoms with Gasteiger partial charge >= 0.3 is 5.97 Å². The van der Waals surface area contributed by atoms with Gasteiger partial charge in [-0.15, -0.1) is 11.6 Å². The average Bonchev–Trinajstić information content (AvgIpc) is 2.11. The second-order valence-electron chi connectivity index (χ2n) is 2.73. The number of halogens is 1. The summed E-state index contributed by atoms with van der Waals surface area (Å²) < 4.78 is 0. The number of hydrogen-bond acceptors (Lipinski definition) is 2. The van der Waals surface area contributed by atoms with Gasteiger partial charge in [0.25, 0.3) is 0 Å². The van der Waals surface area contributed by atoms with Crippen molar-refractivity contribution in [2.45, 2.75) is 26.3 Å². The molecule has 0 aliphatic heterocycles. The number of amides is 1. The van der Waals surface area contributed by atoms with Crippen LogP contribution in [0.4, 0.5) is 0 Å². The fraction of sp³-hybridized carbons (Fsp3) is 0.750. The van der Waals surface area contributed by atoms with Crippen LogP contribution < -0.4 is 0 Å². The van der Waals surface area contributed by atoms with Crippen LogP contribution in [0, 0.1) is 0 Å². The molecule has 1 amide bonds. The van der Waals surface area contributed by atoms with Crippen LogP contribution >= 0.6 is 11.6 Å². The molecule has 4 nitrogen and oxygen atoms in total. The van der Waals surface area contributed by atoms with Crippen molar-refractivity contribution in [3.63, 3.8) is 0 Å². The fourth-order valence-electron chi connectivity index (χ4n) is 0.985. The minimum atomic E-state index is -1.01. The molecule has 0 aromatic rings. The van der Waals surface area contributed by atoms with E-state index >= 15 is 0 Å². The van der Waals surface area contributed by atoms with Gasteiger partial charge in [-0.05, 0) is 13.3 Å². The number of carboxylic acid groups (broad SMARTS) is 1. The third-order valence-electron chi connectivity index (χ3n) is 1.72. The molecule has 0 rings (SSSR count). The first-order valence-electron chi connectivity index (χ1n) is 4.12. The Bertz CT molecular complexity index is 196. The van der Waals surface area contributed by atoms with Gasteiger partial charge in [0.1, 0.15) is 11.9 Å². The van der Waals surface area contributed by atoms with E-state index in [1.54, 1.807) is 0 Å². The smallest absolute Gasteiger partial charge is 0.326 e. The van der Waals surface area contributed by atoms with E-state index in [4.69, 9.17) is 16.7 Å². The van der Waals surface area contributed by atoms with E-state index < -0.39 is 12.0 Å². The van der Waals surface area contributed by atoms with Gasteiger partial charge in [0.05, 0.1) is 0 Å². The van der Waals surface area contributed by atoms with Gasteiger partial charge in [-0.1, -0.05) is 6.92 Å². The highest BCUT2D eigenvalue weighted by molar-refractivity contribution is 6.27. The largest absolute Gasteiger partial charge is 0.480 e. The molecule has 0 aliphatic rings. The molecule has 1 N–H and O–H groups in total. The third-order valence-corrected chi connectivity index (χ3v) is 1.95. The van der Waals surface area contributed by atoms with Gasteiger partial charge < -0.3 is 10.0 Å². The maximum absolute atomic E-state index is 11.2. The number of hydrogen-bond donors (Lipinski definition) is 1. The number of alkyl halides is 1. The van der Waals surface area contributed by atoms with Gasteiger partial charge in [0.2, 0.25) is 5.91 Å². The molecule has 1 unspecified atom stereocenters. The standard InChI is InChI=1S/C8H14ClNO3/c1-3-4-10(7(11)5-9)6(2)8(12)13/h6H,3-5H2,1-2H3,(H,12,13). The third kappa shape index (κ3) is 3.63. The van der Waals surface area contributed by atoms with Crippen LogP contribution in [0.25, 0.3) is 0 Å². The summed E-state index contributed by atoms with van der Waals surface area (Å²) in [6.07, 6.45) is 0.722. The van der Waals surface area contributed by atoms with Crippen LogP contribution in [0.5, 0.6) is 0 Å². The lowest BCUT2D eigenvalue weighted by atomic mass is 10.2. The summed E-state index contributed by atoms with van der Waals surface area (Å²) in [5, 5.41) is 8.69. The Morgan fingerprint density at radius 3 is 2.38 bits per heavy atom. The summed E-state index contributed by atoms with van der Waals surface area (Å²) in [6.45, 7) is 3.78. The molecule has 5 heteroatoms. The first-order valence-corrected chi connectivity index (χ1v) is 4.66. The maximum Gasteiger partial charge on any atom is 0.326 e. The van der Waals surface area contributed by atoms with Crippen molar-refractivity contribution in [2.24, 2.45) is 0 Å². The topological polar surface area (TPSA) is 57.6 Å². The zero-order chi connectivity index (χ0) is 10.4. The quantitative estimate of drug-likeness (QED) is 0.683. The lowest BCUT2D eigenvalue weighted by Crippen LogP contribution is -2.44. The Kier molecular flexibility index (Phi) is 5.46. The first kappa shape index (κ1) is 12.2. The van der Waals surface area contributed by atoms with Gasteiger partial charge in [-0.25, -0.2) is 4.79 Å². The zero-order valence-corrected chi connectivity index (χ0v) is 8.54. The van der Waals surface area contributed by atoms with Crippen LogP contribution in [-0.4, -0.2) is 40.3 Å². The van der Waals surface area contributed by atoms with E-state index in [1.165, 1.54) is 11.8 Å². The Morgan fingerprint density at radius 2 is 2.08 bits per heavy atom. The van der Waals surface area contributed by atoms with Gasteiger partial charge in [-0.2, -0.15) is 0 Å². The number of aliphatic carboxylic acids is 1. The van der Waals surface area contributed by atoms with Crippen LogP contribution in [-0.2, 0) is 9.59 Å². The summed E-state index contributed by atoms with van der Waals surface area (Å²) in [5.41, 5.74) is 0. The van der Waals surface area contributed by atoms with E-state index in [1.807, 2.05) is 6.92 Å². The second kappa shape index (κ2) is 5.80. The van der Waals surface area contributed by atoms with Gasteiger partial charge in [-0.3, -0.25) is 4.79 Å². The Morgan fingerprint density at radius 1 is 1.54 bits per heavy atom. The van der Waals surface area contributed by atoms with Crippen molar-refractivity contribution >= 4 is 23.5 Å². The van der Waals surface area contributed by atoms with Crippen LogP contribution in [0.3, 0.4) is 0 Å². The molecule has 0 radical (unpaired) electrons. The molecule has 0 aliphatic carbocycles. The number of carbonyl (C=O) groups excluding carboxylic acids is 1. The first-order chi connectivity index (χ1) is 6.04. The highest BCUT2D eigenvalue weighted by atomic mass is 35.5. The molecular weight excluding hydrogens is 194 g/mol. The van der Waals surface area contributed by atoms with Crippen molar-refractivity contribution in [1.82, 2.24) is 4.90 Å². The molecule has 0 aromatic carbocycles. The van der Waals surface area contributed by atoms with Crippen LogP contribution in [0.1, 0.15) is 20.3 Å². The molecule has 13 heavy (non-hydrogen) atoms. The maximum atomic E-state index is 11.2. The average molecular weight is 208 g/mol. The predicted molar refractivity (Wildman–Crippen MR) is 49.8 cm³/mol. The minimum absolute atomic E-state index is 0.169. The van der Waals surface area contributed by atoms with Crippen LogP contribution in [0.15, 0.2) is 0 Å². The van der Waals surface area contributed by atoms with E-state index in [2.05, 4.69) is 0 Å². The van der Waals surface area contributed by atoms with Crippen molar-refractivity contribution < 1.29 is 14.7 Å². The van der Waals surface area contributed by atoms with Gasteiger partial charge in [0, 0.05) is 6.54 Å². The van der Waals surface area contributed by atoms with E-state index in [0.29, 0.717) is 6.54 Å². The Labute approximate surface area is 82.5 Å². The molecule has 0 heterocycles. The number of rotatable bonds is 5. The number of carbonyl (C=O) groups is 2. The molecule has 0 spiro atoms. The SMILES string of the molecule is CCCN(C(=O)CCl)C(C)C(=O)O. The normalized spacial score (nSPS) is 12.2. The molecule has 0 saturated heterocycles. The fourth-order valence-corrected chi connectivity index (χ4v) is 1.14. The lowest BCUT2D eigenvalue weighted by molar-refractivity contribution is -0.148. The Balaban J connectivity index is 4.40. The van der Waals surface area contributed by atoms with Crippen molar-refractivity contribution in [3.8, 4) is 0 Å². The zero-order valence-electron chi connectivity index (χ0n) is 7.79. The molecular formula is C8H14ClNO3. The molecule has 0 bridgehead atoms. The Hall–Kier alpha value is -0.770. The summed E-state index contributed by atoms with van der Waals surface area (Å²) >= 11 is 5.35. The molecule has 76 valence electrons. The van der Waals surface area contributed by atoms with Crippen molar-refractivity contribution in [2.75, 3.05) is 12.4 Å². The van der Waals surface area contributed by atoms with E-state index in [0.717, 1.165) is 6.42 Å². The summed E-state index contributed by atoms with van der Waals surface area (Å²) in [4.78, 5) is 23.1. The monoisotopic (exact) mass is 207 g/mol. The number of nitrogens with zero attached hydrogens (tertiary/aromatic N) is 1. The number of carboxylic acids is 1. The van der Waals surface area contributed by atoms with E-state index in [9.17, 15) is 9.59 Å². The summed E-state index contributed by atoms with van der Waals surface area (Å²) in [7, 11) is 0. The second-order valence-corrected chi connectivity index (χ2v) is 3.00. The van der Waals surface area contributed by atoms with Crippen molar-refractivity contribution in [1.29, 1.82) is 0 Å². The van der Waals surface area contributed by atoms with Crippen molar-refractivity contribution in [3.05, 3.63) is 0 Å². The highest BCUT2D eigenvalue weighted by Gasteiger charge is 2.23. The molecule has 0 saturated carbocycles. The minimum Gasteiger partial charge on any atom is -0.480 e. The predicted octanol–water partition coefficient (Wildman–Crippen LogP) is 0.937.